The van der Waals surface area contributed by atoms with Crippen LogP contribution in [0.25, 0.3) is 0 Å². The SMILES string of the molecule is Cn1ccc(NS(=O)(=O)c2cc(C(=O)O)c(Cl)cc2Cl)n1. The zero-order valence-corrected chi connectivity index (χ0v) is 12.9. The van der Waals surface area contributed by atoms with Crippen LogP contribution < -0.4 is 4.72 Å². The lowest BCUT2D eigenvalue weighted by Gasteiger charge is -2.09. The molecule has 1 heterocycles. The molecule has 0 unspecified atom stereocenters. The Balaban J connectivity index is 2.49. The van der Waals surface area contributed by atoms with Crippen LogP contribution in [-0.2, 0) is 17.1 Å². The van der Waals surface area contributed by atoms with E-state index < -0.39 is 20.9 Å². The van der Waals surface area contributed by atoms with Gasteiger partial charge in [0.25, 0.3) is 10.0 Å². The Bertz CT molecular complexity index is 817. The minimum Gasteiger partial charge on any atom is -0.478 e. The zero-order valence-electron chi connectivity index (χ0n) is 10.5. The number of halogens is 2. The molecular weight excluding hydrogens is 341 g/mol. The first-order valence-electron chi connectivity index (χ1n) is 5.45. The molecule has 0 aliphatic heterocycles. The van der Waals surface area contributed by atoms with Gasteiger partial charge in [-0.2, -0.15) is 5.10 Å². The van der Waals surface area contributed by atoms with Crippen molar-refractivity contribution in [3.8, 4) is 0 Å². The van der Waals surface area contributed by atoms with Crippen molar-refractivity contribution in [3.63, 3.8) is 0 Å². The molecule has 10 heteroatoms. The van der Waals surface area contributed by atoms with Gasteiger partial charge in [-0.25, -0.2) is 13.2 Å². The summed E-state index contributed by atoms with van der Waals surface area (Å²) in [4.78, 5) is 10.6. The quantitative estimate of drug-likeness (QED) is 0.881. The van der Waals surface area contributed by atoms with Crippen molar-refractivity contribution >= 4 is 45.0 Å². The Hall–Kier alpha value is -1.77. The highest BCUT2D eigenvalue weighted by atomic mass is 35.5. The maximum absolute atomic E-state index is 12.2. The number of aromatic nitrogens is 2. The summed E-state index contributed by atoms with van der Waals surface area (Å²) in [5.74, 6) is -1.27. The molecular formula is C11H9Cl2N3O4S. The van der Waals surface area contributed by atoms with Gasteiger partial charge in [0, 0.05) is 19.3 Å². The van der Waals surface area contributed by atoms with E-state index in [0.717, 1.165) is 12.1 Å². The van der Waals surface area contributed by atoms with Gasteiger partial charge >= 0.3 is 5.97 Å². The lowest BCUT2D eigenvalue weighted by Crippen LogP contribution is -2.15. The van der Waals surface area contributed by atoms with E-state index in [9.17, 15) is 13.2 Å². The fraction of sp³-hybridized carbons (Fsp3) is 0.0909. The van der Waals surface area contributed by atoms with Gasteiger partial charge in [-0.05, 0) is 12.1 Å². The zero-order chi connectivity index (χ0) is 15.8. The van der Waals surface area contributed by atoms with Crippen molar-refractivity contribution in [2.75, 3.05) is 4.72 Å². The number of carboxylic acid groups (broad SMARTS) is 1. The predicted octanol–water partition coefficient (Wildman–Crippen LogP) is 2.23. The third-order valence-corrected chi connectivity index (χ3v) is 4.63. The van der Waals surface area contributed by atoms with Crippen LogP contribution in [0.2, 0.25) is 10.0 Å². The molecule has 2 rings (SSSR count). The van der Waals surface area contributed by atoms with Crippen LogP contribution in [0, 0.1) is 0 Å². The van der Waals surface area contributed by atoms with Gasteiger partial charge < -0.3 is 5.11 Å². The number of carbonyl (C=O) groups is 1. The number of sulfonamides is 1. The molecule has 112 valence electrons. The van der Waals surface area contributed by atoms with Crippen LogP contribution in [0.4, 0.5) is 5.82 Å². The Morgan fingerprint density at radius 2 is 2.00 bits per heavy atom. The highest BCUT2D eigenvalue weighted by Gasteiger charge is 2.23. The van der Waals surface area contributed by atoms with E-state index >= 15 is 0 Å². The minimum atomic E-state index is -4.08. The summed E-state index contributed by atoms with van der Waals surface area (Å²) < 4.78 is 28.1. The Labute approximate surface area is 130 Å². The Kier molecular flexibility index (Phi) is 4.13. The number of benzene rings is 1. The lowest BCUT2D eigenvalue weighted by atomic mass is 10.2. The summed E-state index contributed by atoms with van der Waals surface area (Å²) in [6.07, 6.45) is 1.55. The average molecular weight is 350 g/mol. The van der Waals surface area contributed by atoms with E-state index in [2.05, 4.69) is 9.82 Å². The monoisotopic (exact) mass is 349 g/mol. The van der Waals surface area contributed by atoms with Gasteiger partial charge in [0.05, 0.1) is 15.6 Å². The summed E-state index contributed by atoms with van der Waals surface area (Å²) in [6.45, 7) is 0. The second-order valence-corrected chi connectivity index (χ2v) is 6.51. The van der Waals surface area contributed by atoms with E-state index in [1.807, 2.05) is 0 Å². The highest BCUT2D eigenvalue weighted by Crippen LogP contribution is 2.29. The van der Waals surface area contributed by atoms with E-state index in [0.29, 0.717) is 0 Å². The van der Waals surface area contributed by atoms with Gasteiger partial charge in [0.2, 0.25) is 0 Å². The number of aromatic carboxylic acids is 1. The second-order valence-electron chi connectivity index (χ2n) is 4.05. The molecule has 0 aliphatic carbocycles. The van der Waals surface area contributed by atoms with Crippen molar-refractivity contribution in [1.29, 1.82) is 0 Å². The van der Waals surface area contributed by atoms with E-state index in [4.69, 9.17) is 28.3 Å². The lowest BCUT2D eigenvalue weighted by molar-refractivity contribution is 0.0697. The number of nitrogens with one attached hydrogen (secondary N) is 1. The number of hydrogen-bond donors (Lipinski definition) is 2. The first kappa shape index (κ1) is 15.6. The van der Waals surface area contributed by atoms with Crippen molar-refractivity contribution in [3.05, 3.63) is 40.0 Å². The van der Waals surface area contributed by atoms with E-state index in [-0.39, 0.29) is 21.4 Å². The van der Waals surface area contributed by atoms with Crippen LogP contribution in [0.5, 0.6) is 0 Å². The Morgan fingerprint density at radius 1 is 1.33 bits per heavy atom. The number of carboxylic acids is 1. The number of nitrogens with zero attached hydrogens (tertiary/aromatic N) is 2. The molecule has 7 nitrogen and oxygen atoms in total. The fourth-order valence-corrected chi connectivity index (χ4v) is 3.41. The highest BCUT2D eigenvalue weighted by molar-refractivity contribution is 7.92. The minimum absolute atomic E-state index is 0.0837. The standard InChI is InChI=1S/C11H9Cl2N3O4S/c1-16-3-2-10(14-16)15-21(19,20)9-4-6(11(17)18)7(12)5-8(9)13/h2-5H,1H3,(H,14,15)(H,17,18). The molecule has 0 fully saturated rings. The van der Waals surface area contributed by atoms with Gasteiger partial charge in [0.15, 0.2) is 5.82 Å². The summed E-state index contributed by atoms with van der Waals surface area (Å²) in [7, 11) is -2.46. The number of anilines is 1. The Morgan fingerprint density at radius 3 is 2.52 bits per heavy atom. The molecule has 2 N–H and O–H groups in total. The largest absolute Gasteiger partial charge is 0.478 e. The van der Waals surface area contributed by atoms with E-state index in [1.165, 1.54) is 10.7 Å². The van der Waals surface area contributed by atoms with Crippen LogP contribution in [0.3, 0.4) is 0 Å². The molecule has 0 saturated heterocycles. The molecule has 2 aromatic rings. The molecule has 0 bridgehead atoms. The molecule has 21 heavy (non-hydrogen) atoms. The maximum Gasteiger partial charge on any atom is 0.337 e. The molecule has 1 aromatic carbocycles. The third kappa shape index (κ3) is 3.29. The van der Waals surface area contributed by atoms with E-state index in [1.54, 1.807) is 13.2 Å². The first-order chi connectivity index (χ1) is 9.70. The average Bonchev–Trinajstić information content (AvgIpc) is 2.72. The van der Waals surface area contributed by atoms with Gasteiger partial charge in [-0.1, -0.05) is 23.2 Å². The summed E-state index contributed by atoms with van der Waals surface area (Å²) in [5, 5.41) is 12.5. The smallest absolute Gasteiger partial charge is 0.337 e. The third-order valence-electron chi connectivity index (χ3n) is 2.49. The van der Waals surface area contributed by atoms with Crippen LogP contribution in [-0.4, -0.2) is 29.3 Å². The van der Waals surface area contributed by atoms with Crippen LogP contribution in [0.15, 0.2) is 29.3 Å². The fourth-order valence-electron chi connectivity index (χ4n) is 1.56. The van der Waals surface area contributed by atoms with Crippen molar-refractivity contribution in [1.82, 2.24) is 9.78 Å². The first-order valence-corrected chi connectivity index (χ1v) is 7.69. The van der Waals surface area contributed by atoms with Gasteiger partial charge in [0.1, 0.15) is 4.90 Å². The maximum atomic E-state index is 12.2. The molecule has 0 radical (unpaired) electrons. The molecule has 0 spiro atoms. The normalized spacial score (nSPS) is 11.4. The number of rotatable bonds is 4. The number of aryl methyl sites for hydroxylation is 1. The topological polar surface area (TPSA) is 101 Å². The summed E-state index contributed by atoms with van der Waals surface area (Å²) in [5.41, 5.74) is -0.359. The second kappa shape index (κ2) is 5.55. The van der Waals surface area contributed by atoms with Crippen molar-refractivity contribution in [2.45, 2.75) is 4.90 Å². The summed E-state index contributed by atoms with van der Waals surface area (Å²) >= 11 is 11.6. The summed E-state index contributed by atoms with van der Waals surface area (Å²) in [6, 6.07) is 3.41. The number of hydrogen-bond acceptors (Lipinski definition) is 4. The molecule has 0 saturated carbocycles. The van der Waals surface area contributed by atoms with Crippen LogP contribution >= 0.6 is 23.2 Å². The van der Waals surface area contributed by atoms with Crippen LogP contribution in [0.1, 0.15) is 10.4 Å². The molecule has 0 atom stereocenters. The predicted molar refractivity (Wildman–Crippen MR) is 77.4 cm³/mol. The van der Waals surface area contributed by atoms with Crippen molar-refractivity contribution < 1.29 is 18.3 Å². The van der Waals surface area contributed by atoms with Gasteiger partial charge in [-0.3, -0.25) is 9.40 Å². The van der Waals surface area contributed by atoms with Crippen molar-refractivity contribution in [2.24, 2.45) is 7.05 Å². The molecule has 0 aliphatic rings. The molecule has 0 amide bonds. The molecule has 1 aromatic heterocycles. The van der Waals surface area contributed by atoms with Gasteiger partial charge in [-0.15, -0.1) is 0 Å².